The molecule has 0 unspecified atom stereocenters. The van der Waals surface area contributed by atoms with E-state index in [9.17, 15) is 22.4 Å². The van der Waals surface area contributed by atoms with Gasteiger partial charge in [0, 0.05) is 10.6 Å². The van der Waals surface area contributed by atoms with Gasteiger partial charge < -0.3 is 4.74 Å². The Morgan fingerprint density at radius 3 is 2.35 bits per heavy atom. The van der Waals surface area contributed by atoms with E-state index >= 15 is 0 Å². The highest BCUT2D eigenvalue weighted by atomic mass is 35.5. The summed E-state index contributed by atoms with van der Waals surface area (Å²) in [6, 6.07) is 14.4. The van der Waals surface area contributed by atoms with Crippen LogP contribution in [-0.4, -0.2) is 26.8 Å². The van der Waals surface area contributed by atoms with Gasteiger partial charge in [-0.1, -0.05) is 35.3 Å². The number of halogens is 3. The van der Waals surface area contributed by atoms with Crippen molar-refractivity contribution in [3.05, 3.63) is 93.7 Å². The summed E-state index contributed by atoms with van der Waals surface area (Å²) in [7, 11) is -4.18. The zero-order valence-corrected chi connectivity index (χ0v) is 18.0. The number of para-hydroxylation sites is 1. The third-order valence-corrected chi connectivity index (χ3v) is 6.16. The number of carbonyl (C=O) groups excluding carboxylic acids is 2. The van der Waals surface area contributed by atoms with E-state index in [0.717, 1.165) is 12.1 Å². The first-order chi connectivity index (χ1) is 14.7. The predicted molar refractivity (Wildman–Crippen MR) is 115 cm³/mol. The van der Waals surface area contributed by atoms with Gasteiger partial charge in [0.25, 0.3) is 10.0 Å². The van der Waals surface area contributed by atoms with Gasteiger partial charge in [0.1, 0.15) is 10.7 Å². The molecule has 0 amide bonds. The van der Waals surface area contributed by atoms with Crippen LogP contribution in [0.1, 0.15) is 20.7 Å². The van der Waals surface area contributed by atoms with E-state index < -0.39 is 34.2 Å². The number of Topliss-reactive ketones (excluding diaryl/α,β-unsaturated/α-hetero) is 1. The molecule has 0 spiro atoms. The van der Waals surface area contributed by atoms with E-state index in [4.69, 9.17) is 27.9 Å². The lowest BCUT2D eigenvalue weighted by Gasteiger charge is -2.13. The Morgan fingerprint density at radius 2 is 1.65 bits per heavy atom. The summed E-state index contributed by atoms with van der Waals surface area (Å²) < 4.78 is 45.7. The maximum absolute atomic E-state index is 13.0. The molecule has 0 aliphatic heterocycles. The number of anilines is 1. The van der Waals surface area contributed by atoms with Gasteiger partial charge in [-0.3, -0.25) is 9.52 Å². The summed E-state index contributed by atoms with van der Waals surface area (Å²) in [6.45, 7) is -0.605. The van der Waals surface area contributed by atoms with Gasteiger partial charge in [-0.05, 0) is 54.6 Å². The van der Waals surface area contributed by atoms with Crippen LogP contribution in [0.25, 0.3) is 0 Å². The Hall–Kier alpha value is -2.94. The molecule has 3 rings (SSSR count). The number of rotatable bonds is 7. The van der Waals surface area contributed by atoms with Crippen LogP contribution in [0.3, 0.4) is 0 Å². The number of ether oxygens (including phenoxy) is 1. The molecule has 31 heavy (non-hydrogen) atoms. The third-order valence-electron chi connectivity index (χ3n) is 4.07. The maximum Gasteiger partial charge on any atom is 0.340 e. The third kappa shape index (κ3) is 5.61. The lowest BCUT2D eigenvalue weighted by atomic mass is 10.1. The molecule has 3 aromatic rings. The van der Waals surface area contributed by atoms with Crippen molar-refractivity contribution in [1.29, 1.82) is 0 Å². The molecule has 0 aliphatic carbocycles. The quantitative estimate of drug-likeness (QED) is 0.379. The van der Waals surface area contributed by atoms with Gasteiger partial charge in [-0.2, -0.15) is 0 Å². The number of hydrogen-bond acceptors (Lipinski definition) is 5. The highest BCUT2D eigenvalue weighted by Gasteiger charge is 2.22. The summed E-state index contributed by atoms with van der Waals surface area (Å²) in [5.74, 6) is -1.97. The van der Waals surface area contributed by atoms with Gasteiger partial charge in [0.15, 0.2) is 12.4 Å². The van der Waals surface area contributed by atoms with E-state index in [1.54, 1.807) is 0 Å². The minimum Gasteiger partial charge on any atom is -0.454 e. The largest absolute Gasteiger partial charge is 0.454 e. The van der Waals surface area contributed by atoms with Crippen LogP contribution < -0.4 is 4.72 Å². The standard InChI is InChI=1S/C21H14Cl2FNO5S/c22-14-7-10-17(23)20(11-14)31(28,29)25-18-4-2-1-3-16(18)21(27)30-12-19(26)13-5-8-15(24)9-6-13/h1-11,25H,12H2. The Labute approximate surface area is 187 Å². The van der Waals surface area contributed by atoms with Crippen LogP contribution in [0.5, 0.6) is 0 Å². The number of benzene rings is 3. The molecule has 6 nitrogen and oxygen atoms in total. The van der Waals surface area contributed by atoms with E-state index in [-0.39, 0.29) is 31.8 Å². The Bertz CT molecular complexity index is 1250. The maximum atomic E-state index is 13.0. The molecule has 0 saturated carbocycles. The Morgan fingerprint density at radius 1 is 0.968 bits per heavy atom. The van der Waals surface area contributed by atoms with E-state index in [2.05, 4.69) is 4.72 Å². The zero-order valence-electron chi connectivity index (χ0n) is 15.6. The number of carbonyl (C=O) groups is 2. The summed E-state index contributed by atoms with van der Waals surface area (Å²) in [5.41, 5.74) is -0.0207. The molecule has 0 aromatic heterocycles. The minimum atomic E-state index is -4.18. The average Bonchev–Trinajstić information content (AvgIpc) is 2.74. The topological polar surface area (TPSA) is 89.5 Å². The number of nitrogens with one attached hydrogen (secondary N) is 1. The molecule has 3 aromatic carbocycles. The van der Waals surface area contributed by atoms with E-state index in [1.165, 1.54) is 54.6 Å². The van der Waals surface area contributed by atoms with Crippen LogP contribution in [0, 0.1) is 5.82 Å². The lowest BCUT2D eigenvalue weighted by molar-refractivity contribution is 0.0476. The second-order valence-corrected chi connectivity index (χ2v) is 8.73. The van der Waals surface area contributed by atoms with E-state index in [0.29, 0.717) is 0 Å². The smallest absolute Gasteiger partial charge is 0.340 e. The van der Waals surface area contributed by atoms with Crippen LogP contribution in [0.15, 0.2) is 71.6 Å². The Balaban J connectivity index is 1.78. The van der Waals surface area contributed by atoms with Crippen molar-refractivity contribution in [1.82, 2.24) is 0 Å². The highest BCUT2D eigenvalue weighted by molar-refractivity contribution is 7.92. The van der Waals surface area contributed by atoms with Crippen LogP contribution in [-0.2, 0) is 14.8 Å². The highest BCUT2D eigenvalue weighted by Crippen LogP contribution is 2.28. The number of sulfonamides is 1. The molecule has 1 N–H and O–H groups in total. The number of esters is 1. The summed E-state index contributed by atoms with van der Waals surface area (Å²) in [5, 5.41) is 0.110. The van der Waals surface area contributed by atoms with Crippen molar-refractivity contribution in [3.63, 3.8) is 0 Å². The first-order valence-electron chi connectivity index (χ1n) is 8.70. The normalized spacial score (nSPS) is 11.1. The molecule has 0 bridgehead atoms. The summed E-state index contributed by atoms with van der Waals surface area (Å²) in [4.78, 5) is 24.3. The van der Waals surface area contributed by atoms with Crippen molar-refractivity contribution in [2.24, 2.45) is 0 Å². The SMILES string of the molecule is O=C(COC(=O)c1ccccc1NS(=O)(=O)c1cc(Cl)ccc1Cl)c1ccc(F)cc1. The van der Waals surface area contributed by atoms with Crippen LogP contribution in [0.2, 0.25) is 10.0 Å². The fourth-order valence-corrected chi connectivity index (χ4v) is 4.40. The second kappa shape index (κ2) is 9.47. The van der Waals surface area contributed by atoms with Crippen molar-refractivity contribution >= 4 is 50.7 Å². The first kappa shape index (κ1) is 22.7. The molecule has 160 valence electrons. The van der Waals surface area contributed by atoms with Crippen molar-refractivity contribution in [2.75, 3.05) is 11.3 Å². The summed E-state index contributed by atoms with van der Waals surface area (Å²) in [6.07, 6.45) is 0. The fraction of sp³-hybridized carbons (Fsp3) is 0.0476. The number of ketones is 1. The van der Waals surface area contributed by atoms with Crippen LogP contribution in [0.4, 0.5) is 10.1 Å². The molecule has 0 atom stereocenters. The summed E-state index contributed by atoms with van der Waals surface area (Å²) >= 11 is 11.8. The van der Waals surface area contributed by atoms with Crippen molar-refractivity contribution in [2.45, 2.75) is 4.90 Å². The lowest BCUT2D eigenvalue weighted by Crippen LogP contribution is -2.18. The minimum absolute atomic E-state index is 0.0538. The van der Waals surface area contributed by atoms with Gasteiger partial charge in [-0.25, -0.2) is 17.6 Å². The Kier molecular flexibility index (Phi) is 6.94. The van der Waals surface area contributed by atoms with Crippen molar-refractivity contribution in [3.8, 4) is 0 Å². The molecule has 0 radical (unpaired) electrons. The van der Waals surface area contributed by atoms with Gasteiger partial charge >= 0.3 is 5.97 Å². The molecular formula is C21H14Cl2FNO5S. The molecule has 10 heteroatoms. The van der Waals surface area contributed by atoms with Crippen LogP contribution >= 0.6 is 23.2 Å². The zero-order chi connectivity index (χ0) is 22.6. The van der Waals surface area contributed by atoms with Crippen molar-refractivity contribution < 1.29 is 27.1 Å². The predicted octanol–water partition coefficient (Wildman–Crippen LogP) is 4.97. The second-order valence-electron chi connectivity index (χ2n) is 6.23. The molecule has 0 aliphatic rings. The van der Waals surface area contributed by atoms with Gasteiger partial charge in [-0.15, -0.1) is 0 Å². The average molecular weight is 482 g/mol. The molecular weight excluding hydrogens is 468 g/mol. The van der Waals surface area contributed by atoms with E-state index in [1.807, 2.05) is 0 Å². The van der Waals surface area contributed by atoms with Gasteiger partial charge in [0.05, 0.1) is 16.3 Å². The van der Waals surface area contributed by atoms with Gasteiger partial charge in [0.2, 0.25) is 0 Å². The number of hydrogen-bond donors (Lipinski definition) is 1. The monoisotopic (exact) mass is 481 g/mol. The molecule has 0 saturated heterocycles. The molecule has 0 fully saturated rings. The molecule has 0 heterocycles. The first-order valence-corrected chi connectivity index (χ1v) is 10.9. The fourth-order valence-electron chi connectivity index (χ4n) is 2.56.